The van der Waals surface area contributed by atoms with Crippen molar-refractivity contribution in [1.82, 2.24) is 9.88 Å². The van der Waals surface area contributed by atoms with Crippen molar-refractivity contribution in [3.05, 3.63) is 47.7 Å². The summed E-state index contributed by atoms with van der Waals surface area (Å²) in [5.41, 5.74) is 7.26. The fraction of sp³-hybridized carbons (Fsp3) is 0.455. The second kappa shape index (κ2) is 5.93. The van der Waals surface area contributed by atoms with Gasteiger partial charge in [-0.25, -0.2) is 0 Å². The van der Waals surface area contributed by atoms with Gasteiger partial charge in [0.15, 0.2) is 0 Å². The van der Waals surface area contributed by atoms with Crippen LogP contribution in [0.1, 0.15) is 56.1 Å². The molecule has 0 unspecified atom stereocenters. The molecule has 1 aliphatic carbocycles. The van der Waals surface area contributed by atoms with E-state index in [0.717, 1.165) is 12.6 Å². The molecule has 2 nitrogen and oxygen atoms in total. The molecule has 1 N–H and O–H groups in total. The molecule has 2 aliphatic heterocycles. The molecule has 1 atom stereocenters. The Morgan fingerprint density at radius 3 is 2.96 bits per heavy atom. The predicted molar refractivity (Wildman–Crippen MR) is 102 cm³/mol. The standard InChI is InChI=1S/C22H26N2/c1-2-5-16(6-3-1)17-8-9-22-20(14-17)21(15-23-22)18-10-12-24-11-4-7-19(24)13-18/h5,8-10,14-15,19,23H,1-4,6-7,11-13H2/t19-/m0/s1. The number of aromatic amines is 1. The van der Waals surface area contributed by atoms with Gasteiger partial charge in [0.05, 0.1) is 0 Å². The Morgan fingerprint density at radius 1 is 1.04 bits per heavy atom. The van der Waals surface area contributed by atoms with E-state index >= 15 is 0 Å². The minimum atomic E-state index is 0.777. The highest BCUT2D eigenvalue weighted by atomic mass is 15.2. The summed E-state index contributed by atoms with van der Waals surface area (Å²) in [6.07, 6.45) is 16.3. The maximum Gasteiger partial charge on any atom is 0.0460 e. The van der Waals surface area contributed by atoms with Gasteiger partial charge >= 0.3 is 0 Å². The van der Waals surface area contributed by atoms with Crippen molar-refractivity contribution in [3.8, 4) is 0 Å². The first-order valence-electron chi connectivity index (χ1n) is 9.62. The molecule has 5 rings (SSSR count). The van der Waals surface area contributed by atoms with Crippen molar-refractivity contribution in [2.24, 2.45) is 0 Å². The van der Waals surface area contributed by atoms with Crippen LogP contribution < -0.4 is 0 Å². The monoisotopic (exact) mass is 318 g/mol. The number of allylic oxidation sites excluding steroid dienone is 2. The fourth-order valence-corrected chi connectivity index (χ4v) is 4.84. The first kappa shape index (κ1) is 14.5. The van der Waals surface area contributed by atoms with Crippen LogP contribution in [0, 0.1) is 0 Å². The van der Waals surface area contributed by atoms with Gasteiger partial charge in [-0.2, -0.15) is 0 Å². The fourth-order valence-electron chi connectivity index (χ4n) is 4.84. The van der Waals surface area contributed by atoms with E-state index in [-0.39, 0.29) is 0 Å². The summed E-state index contributed by atoms with van der Waals surface area (Å²) < 4.78 is 0. The number of nitrogens with one attached hydrogen (secondary N) is 1. The zero-order valence-electron chi connectivity index (χ0n) is 14.4. The zero-order chi connectivity index (χ0) is 15.9. The summed E-state index contributed by atoms with van der Waals surface area (Å²) in [7, 11) is 0. The minimum absolute atomic E-state index is 0.777. The quantitative estimate of drug-likeness (QED) is 0.788. The van der Waals surface area contributed by atoms with Crippen LogP contribution in [0.2, 0.25) is 0 Å². The van der Waals surface area contributed by atoms with E-state index in [2.05, 4.69) is 46.4 Å². The molecule has 1 aromatic carbocycles. The van der Waals surface area contributed by atoms with Gasteiger partial charge in [-0.15, -0.1) is 0 Å². The van der Waals surface area contributed by atoms with Gasteiger partial charge < -0.3 is 4.98 Å². The number of rotatable bonds is 2. The van der Waals surface area contributed by atoms with E-state index in [1.54, 1.807) is 11.1 Å². The summed E-state index contributed by atoms with van der Waals surface area (Å²) in [5, 5.41) is 1.41. The van der Waals surface area contributed by atoms with Gasteiger partial charge in [0.1, 0.15) is 0 Å². The highest BCUT2D eigenvalue weighted by molar-refractivity contribution is 5.95. The SMILES string of the molecule is C1=C(c2ccc3[nH]cc(C4=CCN5CCC[C@H]5C4)c3c2)CCCC1. The minimum Gasteiger partial charge on any atom is -0.361 e. The summed E-state index contributed by atoms with van der Waals surface area (Å²) >= 11 is 0. The van der Waals surface area contributed by atoms with Crippen LogP contribution >= 0.6 is 0 Å². The van der Waals surface area contributed by atoms with Crippen molar-refractivity contribution < 1.29 is 0 Å². The third-order valence-corrected chi connectivity index (χ3v) is 6.22. The molecule has 1 fully saturated rings. The van der Waals surface area contributed by atoms with E-state index in [4.69, 9.17) is 0 Å². The van der Waals surface area contributed by atoms with Crippen molar-refractivity contribution in [3.63, 3.8) is 0 Å². The molecule has 1 aromatic heterocycles. The van der Waals surface area contributed by atoms with Gasteiger partial charge in [0, 0.05) is 35.2 Å². The molecule has 3 heterocycles. The van der Waals surface area contributed by atoms with E-state index in [9.17, 15) is 0 Å². The molecule has 0 bridgehead atoms. The molecular formula is C22H26N2. The first-order chi connectivity index (χ1) is 11.9. The van der Waals surface area contributed by atoms with Crippen LogP contribution in [0.25, 0.3) is 22.0 Å². The lowest BCUT2D eigenvalue weighted by molar-refractivity contribution is 0.275. The molecule has 0 amide bonds. The lowest BCUT2D eigenvalue weighted by atomic mass is 9.90. The Morgan fingerprint density at radius 2 is 2.04 bits per heavy atom. The molecule has 0 spiro atoms. The highest BCUT2D eigenvalue weighted by Gasteiger charge is 2.28. The Kier molecular flexibility index (Phi) is 3.59. The van der Waals surface area contributed by atoms with E-state index < -0.39 is 0 Å². The van der Waals surface area contributed by atoms with E-state index in [1.807, 2.05) is 0 Å². The van der Waals surface area contributed by atoms with Crippen molar-refractivity contribution in [2.45, 2.75) is 51.0 Å². The number of fused-ring (bicyclic) bond motifs is 2. The number of hydrogen-bond acceptors (Lipinski definition) is 1. The summed E-state index contributed by atoms with van der Waals surface area (Å²) in [4.78, 5) is 6.15. The number of H-pyrrole nitrogens is 1. The lowest BCUT2D eigenvalue weighted by Gasteiger charge is -2.29. The Hall–Kier alpha value is -1.80. The smallest absolute Gasteiger partial charge is 0.0460 e. The maximum atomic E-state index is 3.50. The summed E-state index contributed by atoms with van der Waals surface area (Å²) in [6.45, 7) is 2.43. The van der Waals surface area contributed by atoms with Crippen LogP contribution in [-0.2, 0) is 0 Å². The Balaban J connectivity index is 1.53. The predicted octanol–water partition coefficient (Wildman–Crippen LogP) is 5.38. The topological polar surface area (TPSA) is 19.0 Å². The van der Waals surface area contributed by atoms with Crippen LogP contribution in [0.5, 0.6) is 0 Å². The van der Waals surface area contributed by atoms with Crippen LogP contribution in [-0.4, -0.2) is 29.0 Å². The zero-order valence-corrected chi connectivity index (χ0v) is 14.4. The Bertz CT molecular complexity index is 824. The summed E-state index contributed by atoms with van der Waals surface area (Å²) in [6, 6.07) is 7.78. The van der Waals surface area contributed by atoms with Gasteiger partial charge in [-0.1, -0.05) is 18.2 Å². The normalized spacial score (nSPS) is 24.8. The molecule has 1 saturated heterocycles. The third kappa shape index (κ3) is 2.44. The summed E-state index contributed by atoms with van der Waals surface area (Å²) in [5.74, 6) is 0. The van der Waals surface area contributed by atoms with Crippen molar-refractivity contribution in [2.75, 3.05) is 13.1 Å². The molecule has 3 aliphatic rings. The van der Waals surface area contributed by atoms with Gasteiger partial charge in [0.2, 0.25) is 0 Å². The van der Waals surface area contributed by atoms with Gasteiger partial charge in [-0.05, 0) is 80.3 Å². The van der Waals surface area contributed by atoms with E-state index in [1.165, 1.54) is 73.5 Å². The van der Waals surface area contributed by atoms with Crippen molar-refractivity contribution >= 4 is 22.0 Å². The molecule has 2 aromatic rings. The number of nitrogens with zero attached hydrogens (tertiary/aromatic N) is 1. The molecule has 2 heteroatoms. The van der Waals surface area contributed by atoms with Gasteiger partial charge in [-0.3, -0.25) is 4.90 Å². The van der Waals surface area contributed by atoms with Gasteiger partial charge in [0.25, 0.3) is 0 Å². The second-order valence-electron chi connectivity index (χ2n) is 7.66. The third-order valence-electron chi connectivity index (χ3n) is 6.22. The molecule has 0 saturated carbocycles. The number of aromatic nitrogens is 1. The van der Waals surface area contributed by atoms with Crippen LogP contribution in [0.4, 0.5) is 0 Å². The Labute approximate surface area is 144 Å². The first-order valence-corrected chi connectivity index (χ1v) is 9.62. The largest absolute Gasteiger partial charge is 0.361 e. The molecule has 124 valence electrons. The van der Waals surface area contributed by atoms with Crippen molar-refractivity contribution in [1.29, 1.82) is 0 Å². The molecular weight excluding hydrogens is 292 g/mol. The molecule has 24 heavy (non-hydrogen) atoms. The maximum absolute atomic E-state index is 3.50. The van der Waals surface area contributed by atoms with E-state index in [0.29, 0.717) is 0 Å². The number of hydrogen-bond donors (Lipinski definition) is 1. The lowest BCUT2D eigenvalue weighted by Crippen LogP contribution is -2.32. The average molecular weight is 318 g/mol. The van der Waals surface area contributed by atoms with Crippen LogP contribution in [0.3, 0.4) is 0 Å². The second-order valence-corrected chi connectivity index (χ2v) is 7.66. The molecule has 0 radical (unpaired) electrons. The number of benzene rings is 1. The average Bonchev–Trinajstić information content (AvgIpc) is 3.27. The highest BCUT2D eigenvalue weighted by Crippen LogP contribution is 2.36. The van der Waals surface area contributed by atoms with Crippen LogP contribution in [0.15, 0.2) is 36.5 Å².